The highest BCUT2D eigenvalue weighted by Crippen LogP contribution is 2.37. The van der Waals surface area contributed by atoms with Crippen LogP contribution in [-0.4, -0.2) is 32.1 Å². The third-order valence-corrected chi connectivity index (χ3v) is 3.97. The Bertz CT molecular complexity index is 517. The van der Waals surface area contributed by atoms with Crippen molar-refractivity contribution >= 4 is 11.4 Å². The minimum absolute atomic E-state index is 0.119. The summed E-state index contributed by atoms with van der Waals surface area (Å²) in [6.45, 7) is 2.33. The first-order valence-electron chi connectivity index (χ1n) is 6.89. The second kappa shape index (κ2) is 5.06. The summed E-state index contributed by atoms with van der Waals surface area (Å²) in [4.78, 5) is 1.89. The fraction of sp³-hybridized carbons (Fsp3) is 0.571. The Morgan fingerprint density at radius 3 is 2.24 bits per heavy atom. The van der Waals surface area contributed by atoms with E-state index in [1.165, 1.54) is 0 Å². The van der Waals surface area contributed by atoms with Crippen LogP contribution < -0.4 is 10.6 Å². The molecule has 0 aliphatic carbocycles. The molecule has 0 atom stereocenters. The molecular formula is C14H17F3N2O2. The van der Waals surface area contributed by atoms with E-state index in [-0.39, 0.29) is 5.69 Å². The monoisotopic (exact) mass is 302 g/mol. The number of ether oxygens (including phenoxy) is 2. The third-order valence-electron chi connectivity index (χ3n) is 3.97. The fourth-order valence-electron chi connectivity index (χ4n) is 2.87. The second-order valence-corrected chi connectivity index (χ2v) is 5.41. The van der Waals surface area contributed by atoms with Gasteiger partial charge in [-0.25, -0.2) is 0 Å². The number of benzene rings is 1. The van der Waals surface area contributed by atoms with Gasteiger partial charge in [0.25, 0.3) is 0 Å². The summed E-state index contributed by atoms with van der Waals surface area (Å²) in [6, 6.07) is 3.67. The molecule has 0 unspecified atom stereocenters. The van der Waals surface area contributed by atoms with E-state index in [4.69, 9.17) is 15.2 Å². The predicted octanol–water partition coefficient (Wildman–Crippen LogP) is 2.63. The largest absolute Gasteiger partial charge is 0.416 e. The van der Waals surface area contributed by atoms with Crippen molar-refractivity contribution in [3.8, 4) is 0 Å². The number of nitrogens with two attached hydrogens (primary N) is 1. The minimum Gasteiger partial charge on any atom is -0.399 e. The van der Waals surface area contributed by atoms with E-state index in [9.17, 15) is 13.2 Å². The third kappa shape index (κ3) is 2.94. The van der Waals surface area contributed by atoms with E-state index in [1.807, 2.05) is 4.90 Å². The van der Waals surface area contributed by atoms with Gasteiger partial charge in [-0.1, -0.05) is 0 Å². The number of anilines is 2. The number of nitrogens with zero attached hydrogens (tertiary/aromatic N) is 1. The Morgan fingerprint density at radius 1 is 1.05 bits per heavy atom. The Morgan fingerprint density at radius 2 is 1.67 bits per heavy atom. The SMILES string of the molecule is Nc1cc(N2CCC3(CC2)OCCO3)cc(C(F)(F)F)c1. The van der Waals surface area contributed by atoms with Crippen LogP contribution >= 0.6 is 0 Å². The van der Waals surface area contributed by atoms with Gasteiger partial charge in [0.05, 0.1) is 18.8 Å². The summed E-state index contributed by atoms with van der Waals surface area (Å²) in [5.41, 5.74) is 5.50. The number of hydrogen-bond acceptors (Lipinski definition) is 4. The lowest BCUT2D eigenvalue weighted by molar-refractivity contribution is -0.169. The molecule has 0 radical (unpaired) electrons. The summed E-state index contributed by atoms with van der Waals surface area (Å²) in [6.07, 6.45) is -3.11. The highest BCUT2D eigenvalue weighted by atomic mass is 19.4. The summed E-state index contributed by atoms with van der Waals surface area (Å²) in [5, 5.41) is 0. The lowest BCUT2D eigenvalue weighted by atomic mass is 10.0. The van der Waals surface area contributed by atoms with Gasteiger partial charge in [-0.2, -0.15) is 13.2 Å². The van der Waals surface area contributed by atoms with Crippen LogP contribution in [0.5, 0.6) is 0 Å². The predicted molar refractivity (Wildman–Crippen MR) is 71.9 cm³/mol. The average molecular weight is 302 g/mol. The van der Waals surface area contributed by atoms with E-state index >= 15 is 0 Å². The van der Waals surface area contributed by atoms with Gasteiger partial charge in [0.15, 0.2) is 5.79 Å². The first-order valence-corrected chi connectivity index (χ1v) is 6.89. The van der Waals surface area contributed by atoms with Crippen molar-refractivity contribution in [2.75, 3.05) is 36.9 Å². The van der Waals surface area contributed by atoms with E-state index < -0.39 is 17.5 Å². The van der Waals surface area contributed by atoms with Gasteiger partial charge < -0.3 is 20.1 Å². The summed E-state index contributed by atoms with van der Waals surface area (Å²) in [5.74, 6) is -0.538. The van der Waals surface area contributed by atoms with E-state index in [2.05, 4.69) is 0 Å². The summed E-state index contributed by atoms with van der Waals surface area (Å²) in [7, 11) is 0. The molecule has 0 saturated carbocycles. The molecule has 1 spiro atoms. The van der Waals surface area contributed by atoms with Crippen LogP contribution in [0.15, 0.2) is 18.2 Å². The number of alkyl halides is 3. The van der Waals surface area contributed by atoms with Gasteiger partial charge in [-0.3, -0.25) is 0 Å². The van der Waals surface area contributed by atoms with Crippen molar-refractivity contribution in [1.82, 2.24) is 0 Å². The standard InChI is InChI=1S/C14H17F3N2O2/c15-14(16,17)10-7-11(18)9-12(8-10)19-3-1-13(2-4-19)20-5-6-21-13/h7-9H,1-6,18H2. The van der Waals surface area contributed by atoms with Crippen molar-refractivity contribution in [2.24, 2.45) is 0 Å². The smallest absolute Gasteiger partial charge is 0.399 e. The van der Waals surface area contributed by atoms with Crippen LogP contribution in [0.4, 0.5) is 24.5 Å². The number of halogens is 3. The Labute approximate surface area is 120 Å². The van der Waals surface area contributed by atoms with Gasteiger partial charge in [0.1, 0.15) is 0 Å². The molecule has 4 nitrogen and oxygen atoms in total. The maximum absolute atomic E-state index is 12.8. The minimum atomic E-state index is -4.39. The first-order chi connectivity index (χ1) is 9.88. The van der Waals surface area contributed by atoms with E-state index in [0.29, 0.717) is 44.8 Å². The Hall–Kier alpha value is -1.47. The molecule has 2 heterocycles. The Kier molecular flexibility index (Phi) is 3.49. The molecule has 2 fully saturated rings. The van der Waals surface area contributed by atoms with Gasteiger partial charge in [0, 0.05) is 37.3 Å². The zero-order chi connectivity index (χ0) is 15.1. The summed E-state index contributed by atoms with van der Waals surface area (Å²) < 4.78 is 49.8. The average Bonchev–Trinajstić information content (AvgIpc) is 2.86. The van der Waals surface area contributed by atoms with Gasteiger partial charge >= 0.3 is 6.18 Å². The van der Waals surface area contributed by atoms with Crippen LogP contribution in [0.3, 0.4) is 0 Å². The van der Waals surface area contributed by atoms with Gasteiger partial charge in [0.2, 0.25) is 0 Å². The van der Waals surface area contributed by atoms with Crippen LogP contribution in [0.2, 0.25) is 0 Å². The Balaban J connectivity index is 1.77. The number of rotatable bonds is 1. The van der Waals surface area contributed by atoms with Crippen molar-refractivity contribution in [3.63, 3.8) is 0 Å². The van der Waals surface area contributed by atoms with Crippen LogP contribution in [-0.2, 0) is 15.7 Å². The van der Waals surface area contributed by atoms with E-state index in [0.717, 1.165) is 12.1 Å². The number of hydrogen-bond donors (Lipinski definition) is 1. The molecule has 0 bridgehead atoms. The molecule has 2 N–H and O–H groups in total. The van der Waals surface area contributed by atoms with Crippen molar-refractivity contribution in [1.29, 1.82) is 0 Å². The molecule has 116 valence electrons. The molecule has 0 aromatic heterocycles. The maximum atomic E-state index is 12.8. The molecule has 3 rings (SSSR count). The zero-order valence-electron chi connectivity index (χ0n) is 11.4. The maximum Gasteiger partial charge on any atom is 0.416 e. The normalized spacial score (nSPS) is 22.0. The highest BCUT2D eigenvalue weighted by molar-refractivity contribution is 5.59. The van der Waals surface area contributed by atoms with Gasteiger partial charge in [-0.05, 0) is 18.2 Å². The molecule has 21 heavy (non-hydrogen) atoms. The molecule has 2 aliphatic heterocycles. The lowest BCUT2D eigenvalue weighted by Gasteiger charge is -2.38. The highest BCUT2D eigenvalue weighted by Gasteiger charge is 2.40. The van der Waals surface area contributed by atoms with Crippen molar-refractivity contribution < 1.29 is 22.6 Å². The topological polar surface area (TPSA) is 47.7 Å². The van der Waals surface area contributed by atoms with Crippen molar-refractivity contribution in [3.05, 3.63) is 23.8 Å². The molecular weight excluding hydrogens is 285 g/mol. The quantitative estimate of drug-likeness (QED) is 0.810. The zero-order valence-corrected chi connectivity index (χ0v) is 11.4. The molecule has 7 heteroatoms. The molecule has 2 aliphatic rings. The van der Waals surface area contributed by atoms with Crippen LogP contribution in [0.25, 0.3) is 0 Å². The first kappa shape index (κ1) is 14.5. The number of piperidine rings is 1. The molecule has 1 aromatic carbocycles. The van der Waals surface area contributed by atoms with E-state index in [1.54, 1.807) is 6.07 Å². The van der Waals surface area contributed by atoms with Gasteiger partial charge in [-0.15, -0.1) is 0 Å². The summed E-state index contributed by atoms with van der Waals surface area (Å²) >= 11 is 0. The van der Waals surface area contributed by atoms with Crippen LogP contribution in [0, 0.1) is 0 Å². The molecule has 1 aromatic rings. The molecule has 0 amide bonds. The van der Waals surface area contributed by atoms with Crippen LogP contribution in [0.1, 0.15) is 18.4 Å². The second-order valence-electron chi connectivity index (χ2n) is 5.41. The fourth-order valence-corrected chi connectivity index (χ4v) is 2.87. The number of nitrogen functional groups attached to an aromatic ring is 1. The molecule has 2 saturated heterocycles. The van der Waals surface area contributed by atoms with Crippen molar-refractivity contribution in [2.45, 2.75) is 24.8 Å². The lowest BCUT2D eigenvalue weighted by Crippen LogP contribution is -2.45.